The molecule has 1 N–H and O–H groups in total. The zero-order chi connectivity index (χ0) is 16.1. The van der Waals surface area contributed by atoms with Gasteiger partial charge in [-0.25, -0.2) is 0 Å². The number of phenols is 1. The smallest absolute Gasteiger partial charge is 0.293 e. The lowest BCUT2D eigenvalue weighted by atomic mass is 10.2. The van der Waals surface area contributed by atoms with Crippen LogP contribution in [0.5, 0.6) is 11.5 Å². The summed E-state index contributed by atoms with van der Waals surface area (Å²) in [6.45, 7) is 0.830. The molecule has 22 heavy (non-hydrogen) atoms. The van der Waals surface area contributed by atoms with Gasteiger partial charge < -0.3 is 14.6 Å². The second-order valence-electron chi connectivity index (χ2n) is 4.61. The van der Waals surface area contributed by atoms with Crippen molar-refractivity contribution in [2.24, 2.45) is 0 Å². The van der Waals surface area contributed by atoms with Gasteiger partial charge in [0.05, 0.1) is 12.0 Å². The molecule has 1 aliphatic heterocycles. The Balaban J connectivity index is 2.14. The third kappa shape index (κ3) is 3.61. The topological polar surface area (TPSA) is 76.1 Å². The Morgan fingerprint density at radius 1 is 1.32 bits per heavy atom. The first kappa shape index (κ1) is 16.4. The largest absolute Gasteiger partial charge is 0.504 e. The minimum Gasteiger partial charge on any atom is -0.504 e. The number of hydrogen-bond acceptors (Lipinski definition) is 6. The molecule has 1 aromatic carbocycles. The van der Waals surface area contributed by atoms with Crippen molar-refractivity contribution >= 4 is 29.0 Å². The van der Waals surface area contributed by atoms with Crippen LogP contribution >= 0.6 is 11.8 Å². The van der Waals surface area contributed by atoms with E-state index >= 15 is 0 Å². The molecule has 1 aliphatic rings. The van der Waals surface area contributed by atoms with Crippen molar-refractivity contribution in [1.82, 2.24) is 4.90 Å². The van der Waals surface area contributed by atoms with E-state index in [-0.39, 0.29) is 16.9 Å². The Bertz CT molecular complexity index is 614. The SMILES string of the molecule is COCCCN1C(=O)S/C(=C/c2ccc(OC)c(O)c2)C1=O. The fourth-order valence-corrected chi connectivity index (χ4v) is 2.87. The van der Waals surface area contributed by atoms with Crippen LogP contribution in [0, 0.1) is 0 Å². The van der Waals surface area contributed by atoms with Crippen molar-refractivity contribution in [3.63, 3.8) is 0 Å². The molecule has 0 spiro atoms. The summed E-state index contributed by atoms with van der Waals surface area (Å²) in [6.07, 6.45) is 2.19. The highest BCUT2D eigenvalue weighted by molar-refractivity contribution is 8.18. The second kappa shape index (κ2) is 7.33. The van der Waals surface area contributed by atoms with E-state index < -0.39 is 0 Å². The molecule has 118 valence electrons. The highest BCUT2D eigenvalue weighted by Gasteiger charge is 2.34. The average Bonchev–Trinajstić information content (AvgIpc) is 2.75. The number of ether oxygens (including phenoxy) is 2. The molecule has 1 heterocycles. The van der Waals surface area contributed by atoms with Gasteiger partial charge in [-0.05, 0) is 42.0 Å². The maximum atomic E-state index is 12.2. The van der Waals surface area contributed by atoms with Crippen LogP contribution in [0.4, 0.5) is 4.79 Å². The number of benzene rings is 1. The van der Waals surface area contributed by atoms with Crippen LogP contribution < -0.4 is 4.74 Å². The second-order valence-corrected chi connectivity index (χ2v) is 5.60. The van der Waals surface area contributed by atoms with Crippen molar-refractivity contribution in [1.29, 1.82) is 0 Å². The number of methoxy groups -OCH3 is 2. The Morgan fingerprint density at radius 3 is 2.73 bits per heavy atom. The Hall–Kier alpha value is -1.99. The first-order chi connectivity index (χ1) is 10.6. The van der Waals surface area contributed by atoms with E-state index in [1.54, 1.807) is 25.3 Å². The fourth-order valence-electron chi connectivity index (χ4n) is 2.01. The number of imide groups is 1. The van der Waals surface area contributed by atoms with E-state index in [4.69, 9.17) is 9.47 Å². The summed E-state index contributed by atoms with van der Waals surface area (Å²) in [6, 6.07) is 4.79. The molecule has 7 heteroatoms. The predicted octanol–water partition coefficient (Wildman–Crippen LogP) is 2.47. The Labute approximate surface area is 132 Å². The molecule has 0 bridgehead atoms. The maximum absolute atomic E-state index is 12.2. The zero-order valence-corrected chi connectivity index (χ0v) is 13.2. The maximum Gasteiger partial charge on any atom is 0.293 e. The first-order valence-corrected chi connectivity index (χ1v) is 7.49. The molecular formula is C15H17NO5S. The number of phenolic OH excluding ortho intramolecular Hbond substituents is 1. The van der Waals surface area contributed by atoms with Crippen molar-refractivity contribution in [3.8, 4) is 11.5 Å². The summed E-state index contributed by atoms with van der Waals surface area (Å²) in [5.41, 5.74) is 0.626. The summed E-state index contributed by atoms with van der Waals surface area (Å²) in [5, 5.41) is 9.45. The lowest BCUT2D eigenvalue weighted by molar-refractivity contribution is -0.122. The monoisotopic (exact) mass is 323 g/mol. The standard InChI is InChI=1S/C15H17NO5S/c1-20-7-3-6-16-14(18)13(22-15(16)19)9-10-4-5-12(21-2)11(17)8-10/h4-5,8-9,17H,3,6-7H2,1-2H3/b13-9+. The highest BCUT2D eigenvalue weighted by Crippen LogP contribution is 2.34. The number of amides is 2. The van der Waals surface area contributed by atoms with Crippen molar-refractivity contribution in [2.45, 2.75) is 6.42 Å². The van der Waals surface area contributed by atoms with Crippen LogP contribution in [0.2, 0.25) is 0 Å². The van der Waals surface area contributed by atoms with E-state index in [9.17, 15) is 14.7 Å². The molecule has 0 unspecified atom stereocenters. The van der Waals surface area contributed by atoms with Gasteiger partial charge in [-0.3, -0.25) is 14.5 Å². The summed E-state index contributed by atoms with van der Waals surface area (Å²) in [5.74, 6) is 0.0156. The Kier molecular flexibility index (Phi) is 5.46. The number of aromatic hydroxyl groups is 1. The summed E-state index contributed by atoms with van der Waals surface area (Å²) in [4.78, 5) is 25.6. The average molecular weight is 323 g/mol. The summed E-state index contributed by atoms with van der Waals surface area (Å²) >= 11 is 0.895. The van der Waals surface area contributed by atoms with Crippen molar-refractivity contribution in [3.05, 3.63) is 28.7 Å². The van der Waals surface area contributed by atoms with Gasteiger partial charge in [0, 0.05) is 20.3 Å². The van der Waals surface area contributed by atoms with Gasteiger partial charge in [-0.15, -0.1) is 0 Å². The Morgan fingerprint density at radius 2 is 2.09 bits per heavy atom. The van der Waals surface area contributed by atoms with Gasteiger partial charge in [0.15, 0.2) is 11.5 Å². The van der Waals surface area contributed by atoms with Gasteiger partial charge in [0.2, 0.25) is 0 Å². The van der Waals surface area contributed by atoms with Crippen LogP contribution in [-0.4, -0.2) is 48.5 Å². The molecule has 0 aromatic heterocycles. The van der Waals surface area contributed by atoms with Crippen LogP contribution in [-0.2, 0) is 9.53 Å². The van der Waals surface area contributed by atoms with E-state index in [2.05, 4.69) is 0 Å². The first-order valence-electron chi connectivity index (χ1n) is 6.68. The molecule has 0 atom stereocenters. The number of carbonyl (C=O) groups is 2. The fraction of sp³-hybridized carbons (Fsp3) is 0.333. The third-order valence-electron chi connectivity index (χ3n) is 3.10. The number of hydrogen-bond donors (Lipinski definition) is 1. The normalized spacial score (nSPS) is 16.6. The van der Waals surface area contributed by atoms with E-state index in [1.165, 1.54) is 18.1 Å². The molecule has 6 nitrogen and oxygen atoms in total. The van der Waals surface area contributed by atoms with Crippen LogP contribution in [0.15, 0.2) is 23.1 Å². The van der Waals surface area contributed by atoms with E-state index in [0.29, 0.717) is 35.8 Å². The van der Waals surface area contributed by atoms with Gasteiger partial charge in [-0.1, -0.05) is 6.07 Å². The number of rotatable bonds is 6. The molecule has 0 saturated carbocycles. The van der Waals surface area contributed by atoms with Crippen molar-refractivity contribution in [2.75, 3.05) is 27.4 Å². The lowest BCUT2D eigenvalue weighted by Crippen LogP contribution is -2.29. The summed E-state index contributed by atoms with van der Waals surface area (Å²) in [7, 11) is 3.03. The molecule has 2 rings (SSSR count). The predicted molar refractivity (Wildman–Crippen MR) is 83.8 cm³/mol. The summed E-state index contributed by atoms with van der Waals surface area (Å²) < 4.78 is 9.88. The highest BCUT2D eigenvalue weighted by atomic mass is 32.2. The van der Waals surface area contributed by atoms with Gasteiger partial charge in [-0.2, -0.15) is 0 Å². The molecule has 1 aromatic rings. The number of carbonyl (C=O) groups excluding carboxylic acids is 2. The molecule has 0 aliphatic carbocycles. The third-order valence-corrected chi connectivity index (χ3v) is 4.01. The van der Waals surface area contributed by atoms with Crippen molar-refractivity contribution < 1.29 is 24.2 Å². The van der Waals surface area contributed by atoms with Crippen LogP contribution in [0.3, 0.4) is 0 Å². The molecule has 0 radical (unpaired) electrons. The zero-order valence-electron chi connectivity index (χ0n) is 12.4. The van der Waals surface area contributed by atoms with Gasteiger partial charge in [0.1, 0.15) is 0 Å². The molecule has 1 fully saturated rings. The number of nitrogens with zero attached hydrogens (tertiary/aromatic N) is 1. The minimum atomic E-state index is -0.318. The lowest BCUT2D eigenvalue weighted by Gasteiger charge is -2.11. The number of thioether (sulfide) groups is 1. The molecule has 1 saturated heterocycles. The molecule has 2 amide bonds. The van der Waals surface area contributed by atoms with Crippen LogP contribution in [0.25, 0.3) is 6.08 Å². The van der Waals surface area contributed by atoms with E-state index in [0.717, 1.165) is 11.8 Å². The van der Waals surface area contributed by atoms with Gasteiger partial charge >= 0.3 is 0 Å². The molecular weight excluding hydrogens is 306 g/mol. The quantitative estimate of drug-likeness (QED) is 0.640. The minimum absolute atomic E-state index is 0.0180. The van der Waals surface area contributed by atoms with E-state index in [1.807, 2.05) is 0 Å². The van der Waals surface area contributed by atoms with Crippen LogP contribution in [0.1, 0.15) is 12.0 Å². The van der Waals surface area contributed by atoms with Gasteiger partial charge in [0.25, 0.3) is 11.1 Å².